The molecular formula is C17H11BrO. The second-order valence-electron chi connectivity index (χ2n) is 4.40. The molecule has 0 aliphatic heterocycles. The number of halogens is 1. The molecule has 0 spiro atoms. The third-order valence-corrected chi connectivity index (χ3v) is 3.65. The maximum Gasteiger partial charge on any atom is 0.193 e. The van der Waals surface area contributed by atoms with Gasteiger partial charge in [0.2, 0.25) is 0 Å². The Kier molecular flexibility index (Phi) is 3.18. The number of carbonyl (C=O) groups excluding carboxylic acids is 1. The van der Waals surface area contributed by atoms with Crippen molar-refractivity contribution < 1.29 is 4.79 Å². The Morgan fingerprint density at radius 2 is 1.37 bits per heavy atom. The van der Waals surface area contributed by atoms with Crippen LogP contribution < -0.4 is 0 Å². The van der Waals surface area contributed by atoms with Gasteiger partial charge < -0.3 is 0 Å². The molecule has 0 atom stereocenters. The van der Waals surface area contributed by atoms with E-state index >= 15 is 0 Å². The van der Waals surface area contributed by atoms with Crippen molar-refractivity contribution in [2.24, 2.45) is 0 Å². The Labute approximate surface area is 120 Å². The molecule has 0 bridgehead atoms. The number of rotatable bonds is 2. The second kappa shape index (κ2) is 4.98. The maximum absolute atomic E-state index is 12.4. The van der Waals surface area contributed by atoms with Crippen LogP contribution >= 0.6 is 15.9 Å². The summed E-state index contributed by atoms with van der Waals surface area (Å²) in [6.45, 7) is 0. The van der Waals surface area contributed by atoms with Gasteiger partial charge in [0.25, 0.3) is 0 Å². The number of fused-ring (bicyclic) bond motifs is 1. The van der Waals surface area contributed by atoms with Gasteiger partial charge in [-0.25, -0.2) is 0 Å². The van der Waals surface area contributed by atoms with Gasteiger partial charge in [-0.05, 0) is 41.1 Å². The molecule has 3 aromatic carbocycles. The summed E-state index contributed by atoms with van der Waals surface area (Å²) in [5.41, 5.74) is 1.43. The minimum Gasteiger partial charge on any atom is -0.289 e. The van der Waals surface area contributed by atoms with Gasteiger partial charge in [-0.15, -0.1) is 0 Å². The number of ketones is 1. The smallest absolute Gasteiger partial charge is 0.193 e. The first kappa shape index (κ1) is 12.1. The van der Waals surface area contributed by atoms with Crippen LogP contribution in [0.1, 0.15) is 15.9 Å². The highest BCUT2D eigenvalue weighted by Crippen LogP contribution is 2.19. The van der Waals surface area contributed by atoms with Gasteiger partial charge in [0.1, 0.15) is 0 Å². The molecule has 0 unspecified atom stereocenters. The van der Waals surface area contributed by atoms with E-state index in [1.807, 2.05) is 66.7 Å². The van der Waals surface area contributed by atoms with Gasteiger partial charge in [-0.3, -0.25) is 4.79 Å². The predicted molar refractivity (Wildman–Crippen MR) is 81.5 cm³/mol. The Hall–Kier alpha value is -1.93. The SMILES string of the molecule is O=C(c1ccc(Br)cc1)c1ccc2ccccc2c1. The predicted octanol–water partition coefficient (Wildman–Crippen LogP) is 4.83. The van der Waals surface area contributed by atoms with Gasteiger partial charge in [0, 0.05) is 15.6 Å². The Morgan fingerprint density at radius 3 is 2.11 bits per heavy atom. The zero-order valence-electron chi connectivity index (χ0n) is 10.1. The first-order valence-electron chi connectivity index (χ1n) is 6.03. The molecule has 19 heavy (non-hydrogen) atoms. The van der Waals surface area contributed by atoms with Gasteiger partial charge in [-0.1, -0.05) is 52.3 Å². The van der Waals surface area contributed by atoms with E-state index in [1.54, 1.807) is 0 Å². The average Bonchev–Trinajstić information content (AvgIpc) is 2.47. The molecule has 0 fully saturated rings. The van der Waals surface area contributed by atoms with E-state index in [0.717, 1.165) is 20.8 Å². The molecule has 0 aliphatic carbocycles. The molecule has 1 nitrogen and oxygen atoms in total. The minimum absolute atomic E-state index is 0.0539. The summed E-state index contributed by atoms with van der Waals surface area (Å²) in [5.74, 6) is 0.0539. The standard InChI is InChI=1S/C17H11BrO/c18-16-9-7-13(8-10-16)17(19)15-6-5-12-3-1-2-4-14(12)11-15/h1-11H. The van der Waals surface area contributed by atoms with E-state index < -0.39 is 0 Å². The Morgan fingerprint density at radius 1 is 0.737 bits per heavy atom. The monoisotopic (exact) mass is 310 g/mol. The molecule has 0 aliphatic rings. The molecule has 92 valence electrons. The van der Waals surface area contributed by atoms with Crippen LogP contribution in [0.5, 0.6) is 0 Å². The van der Waals surface area contributed by atoms with Crippen molar-refractivity contribution in [1.82, 2.24) is 0 Å². The summed E-state index contributed by atoms with van der Waals surface area (Å²) in [4.78, 5) is 12.4. The van der Waals surface area contributed by atoms with E-state index in [-0.39, 0.29) is 5.78 Å². The summed E-state index contributed by atoms with van der Waals surface area (Å²) in [6.07, 6.45) is 0. The highest BCUT2D eigenvalue weighted by Gasteiger charge is 2.09. The molecule has 0 heterocycles. The molecule has 3 aromatic rings. The van der Waals surface area contributed by atoms with E-state index in [9.17, 15) is 4.79 Å². The fraction of sp³-hybridized carbons (Fsp3) is 0. The Bertz CT molecular complexity index is 745. The van der Waals surface area contributed by atoms with Crippen LogP contribution in [0.3, 0.4) is 0 Å². The lowest BCUT2D eigenvalue weighted by molar-refractivity contribution is 0.103. The lowest BCUT2D eigenvalue weighted by Crippen LogP contribution is -2.00. The Balaban J connectivity index is 2.04. The van der Waals surface area contributed by atoms with Crippen molar-refractivity contribution in [3.05, 3.63) is 82.3 Å². The van der Waals surface area contributed by atoms with Crippen molar-refractivity contribution in [3.8, 4) is 0 Å². The number of benzene rings is 3. The van der Waals surface area contributed by atoms with Crippen LogP contribution in [0.4, 0.5) is 0 Å². The molecular weight excluding hydrogens is 300 g/mol. The molecule has 0 radical (unpaired) electrons. The molecule has 0 saturated heterocycles. The van der Waals surface area contributed by atoms with Gasteiger partial charge in [0.05, 0.1) is 0 Å². The van der Waals surface area contributed by atoms with Gasteiger partial charge in [-0.2, -0.15) is 0 Å². The average molecular weight is 311 g/mol. The van der Waals surface area contributed by atoms with E-state index in [4.69, 9.17) is 0 Å². The first-order chi connectivity index (χ1) is 9.24. The zero-order valence-corrected chi connectivity index (χ0v) is 11.7. The lowest BCUT2D eigenvalue weighted by atomic mass is 10.0. The van der Waals surface area contributed by atoms with Crippen LogP contribution in [-0.2, 0) is 0 Å². The minimum atomic E-state index is 0.0539. The fourth-order valence-electron chi connectivity index (χ4n) is 2.10. The van der Waals surface area contributed by atoms with Crippen LogP contribution in [0, 0.1) is 0 Å². The van der Waals surface area contributed by atoms with E-state index in [2.05, 4.69) is 15.9 Å². The molecule has 0 amide bonds. The van der Waals surface area contributed by atoms with Crippen LogP contribution in [0.15, 0.2) is 71.2 Å². The van der Waals surface area contributed by atoms with E-state index in [1.165, 1.54) is 0 Å². The number of hydrogen-bond acceptors (Lipinski definition) is 1. The fourth-order valence-corrected chi connectivity index (χ4v) is 2.36. The lowest BCUT2D eigenvalue weighted by Gasteiger charge is -2.03. The molecule has 3 rings (SSSR count). The topological polar surface area (TPSA) is 17.1 Å². The summed E-state index contributed by atoms with van der Waals surface area (Å²) < 4.78 is 0.975. The summed E-state index contributed by atoms with van der Waals surface area (Å²) in [5, 5.41) is 2.24. The van der Waals surface area contributed by atoms with Crippen LogP contribution in [0.25, 0.3) is 10.8 Å². The second-order valence-corrected chi connectivity index (χ2v) is 5.31. The summed E-state index contributed by atoms with van der Waals surface area (Å²) in [6, 6.07) is 21.3. The maximum atomic E-state index is 12.4. The van der Waals surface area contributed by atoms with Crippen LogP contribution in [0.2, 0.25) is 0 Å². The normalized spacial score (nSPS) is 10.6. The molecule has 2 heteroatoms. The third-order valence-electron chi connectivity index (χ3n) is 3.12. The first-order valence-corrected chi connectivity index (χ1v) is 6.82. The third kappa shape index (κ3) is 2.45. The van der Waals surface area contributed by atoms with Gasteiger partial charge in [0.15, 0.2) is 5.78 Å². The zero-order chi connectivity index (χ0) is 13.2. The van der Waals surface area contributed by atoms with Crippen molar-refractivity contribution in [2.75, 3.05) is 0 Å². The quantitative estimate of drug-likeness (QED) is 0.619. The summed E-state index contributed by atoms with van der Waals surface area (Å²) in [7, 11) is 0. The van der Waals surface area contributed by atoms with Crippen molar-refractivity contribution >= 4 is 32.5 Å². The van der Waals surface area contributed by atoms with Crippen molar-refractivity contribution in [2.45, 2.75) is 0 Å². The number of carbonyl (C=O) groups is 1. The highest BCUT2D eigenvalue weighted by molar-refractivity contribution is 9.10. The highest BCUT2D eigenvalue weighted by atomic mass is 79.9. The molecule has 0 saturated carbocycles. The van der Waals surface area contributed by atoms with Gasteiger partial charge >= 0.3 is 0 Å². The summed E-state index contributed by atoms with van der Waals surface area (Å²) >= 11 is 3.37. The van der Waals surface area contributed by atoms with Crippen molar-refractivity contribution in [1.29, 1.82) is 0 Å². The van der Waals surface area contributed by atoms with Crippen LogP contribution in [-0.4, -0.2) is 5.78 Å². The van der Waals surface area contributed by atoms with E-state index in [0.29, 0.717) is 5.56 Å². The number of hydrogen-bond donors (Lipinski definition) is 0. The molecule has 0 N–H and O–H groups in total. The van der Waals surface area contributed by atoms with Crippen molar-refractivity contribution in [3.63, 3.8) is 0 Å². The largest absolute Gasteiger partial charge is 0.289 e. The molecule has 0 aromatic heterocycles.